The SMILES string of the molecule is CNC1(C(=O)OC)CCC(N(CCCOC)CCOC)C1. The second-order valence-corrected chi connectivity index (χ2v) is 5.60. The highest BCUT2D eigenvalue weighted by Crippen LogP contribution is 2.34. The average Bonchev–Trinajstić information content (AvgIpc) is 2.95. The van der Waals surface area contributed by atoms with Gasteiger partial charge in [-0.1, -0.05) is 0 Å². The Balaban J connectivity index is 2.64. The molecule has 6 nitrogen and oxygen atoms in total. The molecule has 6 heteroatoms. The van der Waals surface area contributed by atoms with Gasteiger partial charge in [-0.15, -0.1) is 0 Å². The molecule has 0 aromatic rings. The van der Waals surface area contributed by atoms with Gasteiger partial charge >= 0.3 is 5.97 Å². The fourth-order valence-electron chi connectivity index (χ4n) is 3.14. The van der Waals surface area contributed by atoms with Crippen LogP contribution in [0.15, 0.2) is 0 Å². The first kappa shape index (κ1) is 18.4. The van der Waals surface area contributed by atoms with E-state index in [0.29, 0.717) is 12.6 Å². The first-order valence-corrected chi connectivity index (χ1v) is 7.62. The van der Waals surface area contributed by atoms with E-state index >= 15 is 0 Å². The second-order valence-electron chi connectivity index (χ2n) is 5.60. The van der Waals surface area contributed by atoms with Crippen molar-refractivity contribution in [3.05, 3.63) is 0 Å². The Morgan fingerprint density at radius 3 is 2.52 bits per heavy atom. The lowest BCUT2D eigenvalue weighted by Crippen LogP contribution is -2.50. The molecule has 0 saturated heterocycles. The van der Waals surface area contributed by atoms with Crippen LogP contribution in [0.4, 0.5) is 0 Å². The topological polar surface area (TPSA) is 60.0 Å². The van der Waals surface area contributed by atoms with Gasteiger partial charge in [0.2, 0.25) is 0 Å². The number of hydrogen-bond acceptors (Lipinski definition) is 6. The predicted molar refractivity (Wildman–Crippen MR) is 81.4 cm³/mol. The second kappa shape index (κ2) is 9.35. The molecule has 1 fully saturated rings. The molecular weight excluding hydrogens is 272 g/mol. The summed E-state index contributed by atoms with van der Waals surface area (Å²) in [6, 6.07) is 0.378. The highest BCUT2D eigenvalue weighted by molar-refractivity contribution is 5.81. The molecule has 0 spiro atoms. The molecule has 1 aliphatic rings. The largest absolute Gasteiger partial charge is 0.468 e. The van der Waals surface area contributed by atoms with Crippen LogP contribution in [0, 0.1) is 0 Å². The van der Waals surface area contributed by atoms with Gasteiger partial charge in [0.15, 0.2) is 0 Å². The van der Waals surface area contributed by atoms with E-state index in [1.54, 1.807) is 14.2 Å². The van der Waals surface area contributed by atoms with Gasteiger partial charge in [-0.3, -0.25) is 9.69 Å². The number of nitrogens with one attached hydrogen (secondary N) is 1. The van der Waals surface area contributed by atoms with Crippen LogP contribution in [0.1, 0.15) is 25.7 Å². The molecule has 124 valence electrons. The summed E-state index contributed by atoms with van der Waals surface area (Å²) in [6.45, 7) is 3.30. The van der Waals surface area contributed by atoms with E-state index in [1.807, 2.05) is 7.05 Å². The van der Waals surface area contributed by atoms with E-state index in [1.165, 1.54) is 7.11 Å². The number of carbonyl (C=O) groups is 1. The number of nitrogens with zero attached hydrogens (tertiary/aromatic N) is 1. The zero-order valence-electron chi connectivity index (χ0n) is 13.8. The van der Waals surface area contributed by atoms with E-state index in [0.717, 1.165) is 45.4 Å². The molecule has 0 radical (unpaired) electrons. The summed E-state index contributed by atoms with van der Waals surface area (Å²) in [5, 5.41) is 3.18. The van der Waals surface area contributed by atoms with Crippen LogP contribution in [0.2, 0.25) is 0 Å². The van der Waals surface area contributed by atoms with Crippen LogP contribution < -0.4 is 5.32 Å². The van der Waals surface area contributed by atoms with Crippen molar-refractivity contribution in [3.63, 3.8) is 0 Å². The molecule has 1 N–H and O–H groups in total. The third-order valence-corrected chi connectivity index (χ3v) is 4.44. The molecule has 2 unspecified atom stereocenters. The maximum absolute atomic E-state index is 12.1. The van der Waals surface area contributed by atoms with Crippen LogP contribution in [-0.4, -0.2) is 77.1 Å². The van der Waals surface area contributed by atoms with Crippen LogP contribution in [0.3, 0.4) is 0 Å². The van der Waals surface area contributed by atoms with E-state index in [2.05, 4.69) is 10.2 Å². The molecule has 1 aliphatic carbocycles. The number of rotatable bonds is 10. The van der Waals surface area contributed by atoms with Gasteiger partial charge in [-0.2, -0.15) is 0 Å². The summed E-state index contributed by atoms with van der Waals surface area (Å²) in [7, 11) is 6.73. The molecule has 0 amide bonds. The van der Waals surface area contributed by atoms with E-state index in [-0.39, 0.29) is 5.97 Å². The number of methoxy groups -OCH3 is 3. The molecule has 0 aliphatic heterocycles. The maximum Gasteiger partial charge on any atom is 0.326 e. The maximum atomic E-state index is 12.1. The number of likely N-dealkylation sites (N-methyl/N-ethyl adjacent to an activating group) is 1. The quantitative estimate of drug-likeness (QED) is 0.472. The molecule has 0 heterocycles. The molecule has 2 atom stereocenters. The smallest absolute Gasteiger partial charge is 0.326 e. The highest BCUT2D eigenvalue weighted by Gasteiger charge is 2.46. The Labute approximate surface area is 128 Å². The fourth-order valence-corrected chi connectivity index (χ4v) is 3.14. The van der Waals surface area contributed by atoms with Crippen LogP contribution in [-0.2, 0) is 19.0 Å². The molecule has 0 bridgehead atoms. The van der Waals surface area contributed by atoms with E-state index in [9.17, 15) is 4.79 Å². The normalized spacial score (nSPS) is 25.5. The average molecular weight is 302 g/mol. The zero-order chi connectivity index (χ0) is 15.7. The molecule has 1 saturated carbocycles. The van der Waals surface area contributed by atoms with Crippen molar-refractivity contribution in [1.29, 1.82) is 0 Å². The molecule has 0 aromatic carbocycles. The minimum atomic E-state index is -0.536. The fraction of sp³-hybridized carbons (Fsp3) is 0.933. The van der Waals surface area contributed by atoms with Crippen molar-refractivity contribution in [3.8, 4) is 0 Å². The van der Waals surface area contributed by atoms with Crippen molar-refractivity contribution in [2.45, 2.75) is 37.3 Å². The Kier molecular flexibility index (Phi) is 8.18. The Morgan fingerprint density at radius 2 is 1.95 bits per heavy atom. The van der Waals surface area contributed by atoms with Crippen molar-refractivity contribution in [2.24, 2.45) is 0 Å². The summed E-state index contributed by atoms with van der Waals surface area (Å²) in [4.78, 5) is 14.5. The lowest BCUT2D eigenvalue weighted by atomic mass is 9.97. The van der Waals surface area contributed by atoms with Crippen LogP contribution >= 0.6 is 0 Å². The Morgan fingerprint density at radius 1 is 1.24 bits per heavy atom. The Bertz CT molecular complexity index is 314. The number of hydrogen-bond donors (Lipinski definition) is 1. The summed E-state index contributed by atoms with van der Waals surface area (Å²) >= 11 is 0. The van der Waals surface area contributed by atoms with Gasteiger partial charge in [0, 0.05) is 40.0 Å². The summed E-state index contributed by atoms with van der Waals surface area (Å²) in [5.74, 6) is -0.156. The van der Waals surface area contributed by atoms with Crippen molar-refractivity contribution in [2.75, 3.05) is 54.7 Å². The highest BCUT2D eigenvalue weighted by atomic mass is 16.5. The zero-order valence-corrected chi connectivity index (χ0v) is 13.8. The monoisotopic (exact) mass is 302 g/mol. The van der Waals surface area contributed by atoms with Gasteiger partial charge in [-0.25, -0.2) is 0 Å². The lowest BCUT2D eigenvalue weighted by molar-refractivity contribution is -0.148. The summed E-state index contributed by atoms with van der Waals surface area (Å²) in [6.07, 6.45) is 3.58. The minimum Gasteiger partial charge on any atom is -0.468 e. The number of esters is 1. The molecular formula is C15H30N2O4. The third-order valence-electron chi connectivity index (χ3n) is 4.44. The van der Waals surface area contributed by atoms with Crippen LogP contribution in [0.25, 0.3) is 0 Å². The van der Waals surface area contributed by atoms with E-state index in [4.69, 9.17) is 14.2 Å². The van der Waals surface area contributed by atoms with Gasteiger partial charge in [0.05, 0.1) is 13.7 Å². The van der Waals surface area contributed by atoms with Gasteiger partial charge in [0.1, 0.15) is 5.54 Å². The molecule has 21 heavy (non-hydrogen) atoms. The Hall–Kier alpha value is -0.690. The molecule has 1 rings (SSSR count). The number of ether oxygens (including phenoxy) is 3. The first-order valence-electron chi connectivity index (χ1n) is 7.62. The van der Waals surface area contributed by atoms with Gasteiger partial charge in [0.25, 0.3) is 0 Å². The van der Waals surface area contributed by atoms with Crippen molar-refractivity contribution < 1.29 is 19.0 Å². The van der Waals surface area contributed by atoms with Crippen molar-refractivity contribution >= 4 is 5.97 Å². The van der Waals surface area contributed by atoms with Gasteiger partial charge < -0.3 is 19.5 Å². The van der Waals surface area contributed by atoms with Crippen LogP contribution in [0.5, 0.6) is 0 Å². The predicted octanol–water partition coefficient (Wildman–Crippen LogP) is 0.655. The molecule has 0 aromatic heterocycles. The third kappa shape index (κ3) is 4.92. The first-order chi connectivity index (χ1) is 10.1. The lowest BCUT2D eigenvalue weighted by Gasteiger charge is -2.31. The number of carbonyl (C=O) groups excluding carboxylic acids is 1. The van der Waals surface area contributed by atoms with Gasteiger partial charge in [-0.05, 0) is 32.7 Å². The minimum absolute atomic E-state index is 0.156. The summed E-state index contributed by atoms with van der Waals surface area (Å²) in [5.41, 5.74) is -0.536. The summed E-state index contributed by atoms with van der Waals surface area (Å²) < 4.78 is 15.3. The standard InChI is InChI=1S/C15H30N2O4/c1-16-15(14(18)21-4)7-6-13(12-15)17(9-11-20-3)8-5-10-19-2/h13,16H,5-12H2,1-4H3. The van der Waals surface area contributed by atoms with Crippen molar-refractivity contribution in [1.82, 2.24) is 10.2 Å². The van der Waals surface area contributed by atoms with E-state index < -0.39 is 5.54 Å².